The van der Waals surface area contributed by atoms with Crippen molar-refractivity contribution in [3.63, 3.8) is 0 Å². The van der Waals surface area contributed by atoms with E-state index in [9.17, 15) is 0 Å². The van der Waals surface area contributed by atoms with Gasteiger partial charge in [-0.25, -0.2) is 0 Å². The molecule has 0 radical (unpaired) electrons. The van der Waals surface area contributed by atoms with Gasteiger partial charge < -0.3 is 0 Å². The largest absolute Gasteiger partial charge is 0.262 e. The molecule has 0 saturated heterocycles. The van der Waals surface area contributed by atoms with Crippen molar-refractivity contribution in [1.29, 1.82) is 0 Å². The van der Waals surface area contributed by atoms with E-state index in [1.807, 2.05) is 39.2 Å². The van der Waals surface area contributed by atoms with E-state index in [0.29, 0.717) is 0 Å². The number of aromatic nitrogens is 1. The summed E-state index contributed by atoms with van der Waals surface area (Å²) in [5, 5.41) is 0. The second kappa shape index (κ2) is 4.00. The van der Waals surface area contributed by atoms with Gasteiger partial charge >= 0.3 is 0 Å². The number of rotatable bonds is 0. The fraction of sp³-hybridized carbons (Fsp3) is 0.400. The molecule has 0 aliphatic carbocycles. The summed E-state index contributed by atoms with van der Waals surface area (Å²) in [6, 6.07) is 2.02. The molecule has 2 heterocycles. The molecule has 0 unspecified atom stereocenters. The molecule has 2 heteroatoms. The van der Waals surface area contributed by atoms with Crippen molar-refractivity contribution >= 4 is 11.4 Å². The van der Waals surface area contributed by atoms with Crippen LogP contribution in [0.25, 0.3) is 0 Å². The third kappa shape index (κ3) is 1.70. The molecule has 0 spiro atoms. The van der Waals surface area contributed by atoms with Gasteiger partial charge in [0.1, 0.15) is 0 Å². The van der Waals surface area contributed by atoms with Crippen molar-refractivity contribution in [2.75, 3.05) is 0 Å². The van der Waals surface area contributed by atoms with E-state index >= 15 is 0 Å². The Balaban J connectivity index is 0.000000336. The first kappa shape index (κ1) is 8.91. The van der Waals surface area contributed by atoms with Crippen molar-refractivity contribution in [2.45, 2.75) is 27.2 Å². The molecule has 0 N–H and O–H groups in total. The van der Waals surface area contributed by atoms with E-state index in [0.717, 1.165) is 12.1 Å². The number of fused-ring (bicyclic) bond motifs is 1. The van der Waals surface area contributed by atoms with Crippen LogP contribution in [0.4, 0.5) is 5.69 Å². The van der Waals surface area contributed by atoms with Gasteiger partial charge in [0.2, 0.25) is 0 Å². The predicted molar refractivity (Wildman–Crippen MR) is 52.1 cm³/mol. The summed E-state index contributed by atoms with van der Waals surface area (Å²) in [4.78, 5) is 8.29. The molecule has 0 aromatic carbocycles. The van der Waals surface area contributed by atoms with Crippen molar-refractivity contribution < 1.29 is 0 Å². The lowest BCUT2D eigenvalue weighted by molar-refractivity contribution is 1.27. The van der Waals surface area contributed by atoms with E-state index in [-0.39, 0.29) is 0 Å². The number of hydrogen-bond acceptors (Lipinski definition) is 2. The molecular formula is C10H14N2. The van der Waals surface area contributed by atoms with Crippen molar-refractivity contribution in [2.24, 2.45) is 4.99 Å². The third-order valence-corrected chi connectivity index (χ3v) is 1.65. The van der Waals surface area contributed by atoms with E-state index < -0.39 is 0 Å². The molecule has 0 atom stereocenters. The molecule has 64 valence electrons. The lowest BCUT2D eigenvalue weighted by atomic mass is 10.2. The predicted octanol–water partition coefficient (Wildman–Crippen LogP) is 2.76. The number of pyridine rings is 1. The van der Waals surface area contributed by atoms with Gasteiger partial charge in [-0.1, -0.05) is 13.8 Å². The van der Waals surface area contributed by atoms with Crippen LogP contribution < -0.4 is 0 Å². The first-order valence-electron chi connectivity index (χ1n) is 4.33. The van der Waals surface area contributed by atoms with E-state index in [2.05, 4.69) is 9.98 Å². The highest BCUT2D eigenvalue weighted by atomic mass is 14.8. The van der Waals surface area contributed by atoms with Crippen LogP contribution in [0.1, 0.15) is 26.3 Å². The van der Waals surface area contributed by atoms with Crippen LogP contribution in [0.2, 0.25) is 0 Å². The highest BCUT2D eigenvalue weighted by molar-refractivity contribution is 5.91. The van der Waals surface area contributed by atoms with Gasteiger partial charge in [0.15, 0.2) is 0 Å². The first-order chi connectivity index (χ1) is 5.86. The van der Waals surface area contributed by atoms with E-state index in [1.165, 1.54) is 11.3 Å². The Morgan fingerprint density at radius 1 is 1.33 bits per heavy atom. The molecule has 0 fully saturated rings. The lowest BCUT2D eigenvalue weighted by Gasteiger charge is -1.90. The van der Waals surface area contributed by atoms with Gasteiger partial charge in [0.25, 0.3) is 0 Å². The smallest absolute Gasteiger partial charge is 0.0847 e. The van der Waals surface area contributed by atoms with Crippen molar-refractivity contribution in [1.82, 2.24) is 4.98 Å². The summed E-state index contributed by atoms with van der Waals surface area (Å²) in [5.41, 5.74) is 3.52. The summed E-state index contributed by atoms with van der Waals surface area (Å²) in [6.07, 6.45) is 4.62. The maximum Gasteiger partial charge on any atom is 0.0847 e. The lowest BCUT2D eigenvalue weighted by Crippen LogP contribution is -1.87. The Morgan fingerprint density at radius 2 is 2.08 bits per heavy atom. The Bertz CT molecular complexity index is 290. The molecule has 12 heavy (non-hydrogen) atoms. The molecule has 1 aliphatic heterocycles. The minimum absolute atomic E-state index is 0.998. The minimum atomic E-state index is 0.998. The van der Waals surface area contributed by atoms with Crippen LogP contribution in [0, 0.1) is 0 Å². The average Bonchev–Trinajstić information content (AvgIpc) is 2.48. The van der Waals surface area contributed by atoms with Crippen LogP contribution in [-0.4, -0.2) is 10.7 Å². The van der Waals surface area contributed by atoms with Crippen LogP contribution in [-0.2, 0) is 6.42 Å². The maximum atomic E-state index is 4.31. The molecule has 1 aromatic heterocycles. The van der Waals surface area contributed by atoms with Crippen LogP contribution in [0.5, 0.6) is 0 Å². The Kier molecular flexibility index (Phi) is 2.97. The number of hydrogen-bond donors (Lipinski definition) is 0. The molecule has 1 aliphatic rings. The third-order valence-electron chi connectivity index (χ3n) is 1.65. The second-order valence-corrected chi connectivity index (χ2v) is 2.53. The van der Waals surface area contributed by atoms with Gasteiger partial charge in [0, 0.05) is 18.3 Å². The fourth-order valence-electron chi connectivity index (χ4n) is 1.19. The van der Waals surface area contributed by atoms with Gasteiger partial charge in [-0.2, -0.15) is 0 Å². The summed E-state index contributed by atoms with van der Waals surface area (Å²) in [7, 11) is 0. The number of nitrogens with zero attached hydrogens (tertiary/aromatic N) is 2. The fourth-order valence-corrected chi connectivity index (χ4v) is 1.19. The zero-order valence-corrected chi connectivity index (χ0v) is 7.83. The quantitative estimate of drug-likeness (QED) is 0.575. The van der Waals surface area contributed by atoms with Crippen LogP contribution in [0.15, 0.2) is 23.5 Å². The zero-order chi connectivity index (χ0) is 8.97. The molecule has 2 rings (SSSR count). The maximum absolute atomic E-state index is 4.31. The summed E-state index contributed by atoms with van der Waals surface area (Å²) in [5.74, 6) is 0. The minimum Gasteiger partial charge on any atom is -0.262 e. The summed E-state index contributed by atoms with van der Waals surface area (Å²) in [6.45, 7) is 6.04. The van der Waals surface area contributed by atoms with Gasteiger partial charge in [-0.15, -0.1) is 0 Å². The second-order valence-electron chi connectivity index (χ2n) is 2.53. The SMILES string of the molecule is CC.CC1=Nc2cnccc2C1. The van der Waals surface area contributed by atoms with Crippen LogP contribution in [0.3, 0.4) is 0 Å². The van der Waals surface area contributed by atoms with Crippen molar-refractivity contribution in [3.05, 3.63) is 24.0 Å². The topological polar surface area (TPSA) is 25.2 Å². The highest BCUT2D eigenvalue weighted by Gasteiger charge is 2.08. The molecule has 0 bridgehead atoms. The van der Waals surface area contributed by atoms with E-state index in [4.69, 9.17) is 0 Å². The van der Waals surface area contributed by atoms with Gasteiger partial charge in [0.05, 0.1) is 11.9 Å². The highest BCUT2D eigenvalue weighted by Crippen LogP contribution is 2.24. The average molecular weight is 162 g/mol. The Morgan fingerprint density at radius 3 is 2.75 bits per heavy atom. The molecular weight excluding hydrogens is 148 g/mol. The summed E-state index contributed by atoms with van der Waals surface area (Å²) >= 11 is 0. The van der Waals surface area contributed by atoms with Crippen LogP contribution >= 0.6 is 0 Å². The summed E-state index contributed by atoms with van der Waals surface area (Å²) < 4.78 is 0. The first-order valence-corrected chi connectivity index (χ1v) is 4.33. The molecule has 2 nitrogen and oxygen atoms in total. The van der Waals surface area contributed by atoms with Gasteiger partial charge in [-0.3, -0.25) is 9.98 Å². The Hall–Kier alpha value is -1.18. The normalized spacial score (nSPS) is 12.8. The molecule has 1 aromatic rings. The monoisotopic (exact) mass is 162 g/mol. The Labute approximate surface area is 73.4 Å². The molecule has 0 saturated carbocycles. The van der Waals surface area contributed by atoms with E-state index in [1.54, 1.807) is 0 Å². The van der Waals surface area contributed by atoms with Gasteiger partial charge in [-0.05, 0) is 18.6 Å². The zero-order valence-electron chi connectivity index (χ0n) is 7.83. The molecule has 0 amide bonds. The van der Waals surface area contributed by atoms with Crippen molar-refractivity contribution in [3.8, 4) is 0 Å². The standard InChI is InChI=1S/C8H8N2.C2H6/c1-6-4-7-2-3-9-5-8(7)10-6;1-2/h2-3,5H,4H2,1H3;1-2H3. The number of aliphatic imine (C=N–C) groups is 1.